The van der Waals surface area contributed by atoms with Gasteiger partial charge in [-0.05, 0) is 24.3 Å². The Morgan fingerprint density at radius 3 is 2.58 bits per heavy atom. The average Bonchev–Trinajstić information content (AvgIpc) is 3.10. The number of oxazole rings is 1. The number of hydrogen-bond acceptors (Lipinski definition) is 4. The lowest BCUT2D eigenvalue weighted by Gasteiger charge is -2.05. The fourth-order valence-electron chi connectivity index (χ4n) is 2.28. The SMILES string of the molecule is COc1ccc(NC(=O)CCc2ncc(-c3ccccc3)o2)cc1. The number of carbonyl (C=O) groups is 1. The van der Waals surface area contributed by atoms with Crippen LogP contribution < -0.4 is 10.1 Å². The topological polar surface area (TPSA) is 64.4 Å². The molecule has 5 heteroatoms. The van der Waals surface area contributed by atoms with E-state index in [4.69, 9.17) is 9.15 Å². The van der Waals surface area contributed by atoms with Crippen molar-refractivity contribution < 1.29 is 13.9 Å². The van der Waals surface area contributed by atoms with Crippen molar-refractivity contribution in [3.8, 4) is 17.1 Å². The molecular formula is C19H18N2O3. The first-order valence-corrected chi connectivity index (χ1v) is 7.68. The van der Waals surface area contributed by atoms with Crippen LogP contribution >= 0.6 is 0 Å². The number of hydrogen-bond donors (Lipinski definition) is 1. The minimum atomic E-state index is -0.0837. The minimum absolute atomic E-state index is 0.0837. The fourth-order valence-corrected chi connectivity index (χ4v) is 2.28. The maximum Gasteiger partial charge on any atom is 0.224 e. The van der Waals surface area contributed by atoms with E-state index in [9.17, 15) is 4.79 Å². The summed E-state index contributed by atoms with van der Waals surface area (Å²) in [5, 5.41) is 2.84. The number of carbonyl (C=O) groups excluding carboxylic acids is 1. The fraction of sp³-hybridized carbons (Fsp3) is 0.158. The van der Waals surface area contributed by atoms with Gasteiger partial charge in [0.1, 0.15) is 5.75 Å². The van der Waals surface area contributed by atoms with Crippen LogP contribution in [0.3, 0.4) is 0 Å². The Morgan fingerprint density at radius 2 is 1.88 bits per heavy atom. The molecule has 0 fully saturated rings. The standard InChI is InChI=1S/C19H18N2O3/c1-23-16-9-7-15(8-10-16)21-18(22)11-12-19-20-13-17(24-19)14-5-3-2-4-6-14/h2-10,13H,11-12H2,1H3,(H,21,22). The molecule has 1 amide bonds. The van der Waals surface area contributed by atoms with E-state index in [0.29, 0.717) is 24.5 Å². The third-order valence-corrected chi connectivity index (χ3v) is 3.55. The number of amides is 1. The Hall–Kier alpha value is -3.08. The van der Waals surface area contributed by atoms with Crippen molar-refractivity contribution in [1.29, 1.82) is 0 Å². The molecule has 0 radical (unpaired) electrons. The summed E-state index contributed by atoms with van der Waals surface area (Å²) in [4.78, 5) is 16.2. The Balaban J connectivity index is 1.53. The number of methoxy groups -OCH3 is 1. The highest BCUT2D eigenvalue weighted by Crippen LogP contribution is 2.20. The van der Waals surface area contributed by atoms with Gasteiger partial charge in [-0.25, -0.2) is 4.98 Å². The van der Waals surface area contributed by atoms with Gasteiger partial charge in [-0.15, -0.1) is 0 Å². The van der Waals surface area contributed by atoms with Crippen molar-refractivity contribution in [2.24, 2.45) is 0 Å². The zero-order chi connectivity index (χ0) is 16.8. The van der Waals surface area contributed by atoms with Gasteiger partial charge in [0, 0.05) is 24.1 Å². The molecule has 0 atom stereocenters. The molecule has 3 aromatic rings. The zero-order valence-electron chi connectivity index (χ0n) is 13.4. The lowest BCUT2D eigenvalue weighted by molar-refractivity contribution is -0.116. The highest BCUT2D eigenvalue weighted by atomic mass is 16.5. The maximum atomic E-state index is 12.0. The Morgan fingerprint density at radius 1 is 1.12 bits per heavy atom. The first kappa shape index (κ1) is 15.8. The summed E-state index contributed by atoms with van der Waals surface area (Å²) in [6.07, 6.45) is 2.45. The van der Waals surface area contributed by atoms with E-state index in [-0.39, 0.29) is 5.91 Å². The lowest BCUT2D eigenvalue weighted by atomic mass is 10.2. The summed E-state index contributed by atoms with van der Waals surface area (Å²) in [7, 11) is 1.60. The molecule has 1 heterocycles. The minimum Gasteiger partial charge on any atom is -0.497 e. The van der Waals surface area contributed by atoms with Gasteiger partial charge in [0.05, 0.1) is 13.3 Å². The molecule has 5 nitrogen and oxygen atoms in total. The second-order valence-corrected chi connectivity index (χ2v) is 5.26. The molecule has 0 saturated carbocycles. The number of nitrogens with zero attached hydrogens (tertiary/aromatic N) is 1. The molecular weight excluding hydrogens is 304 g/mol. The molecule has 24 heavy (non-hydrogen) atoms. The Kier molecular flexibility index (Phi) is 4.91. The normalized spacial score (nSPS) is 10.4. The smallest absolute Gasteiger partial charge is 0.224 e. The second kappa shape index (κ2) is 7.46. The zero-order valence-corrected chi connectivity index (χ0v) is 13.4. The van der Waals surface area contributed by atoms with Crippen LogP contribution in [-0.2, 0) is 11.2 Å². The van der Waals surface area contributed by atoms with Crippen LogP contribution in [0, 0.1) is 0 Å². The summed E-state index contributed by atoms with van der Waals surface area (Å²) in [6, 6.07) is 17.0. The van der Waals surface area contributed by atoms with E-state index in [1.807, 2.05) is 30.3 Å². The first-order chi connectivity index (χ1) is 11.7. The molecule has 0 aliphatic carbocycles. The molecule has 3 rings (SSSR count). The molecule has 0 bridgehead atoms. The van der Waals surface area contributed by atoms with E-state index in [2.05, 4.69) is 10.3 Å². The highest BCUT2D eigenvalue weighted by molar-refractivity contribution is 5.90. The first-order valence-electron chi connectivity index (χ1n) is 7.68. The van der Waals surface area contributed by atoms with Crippen LogP contribution in [0.25, 0.3) is 11.3 Å². The van der Waals surface area contributed by atoms with Crippen LogP contribution in [0.15, 0.2) is 65.2 Å². The van der Waals surface area contributed by atoms with Crippen molar-refractivity contribution in [2.45, 2.75) is 12.8 Å². The van der Waals surface area contributed by atoms with Gasteiger partial charge in [-0.1, -0.05) is 30.3 Å². The van der Waals surface area contributed by atoms with Crippen molar-refractivity contribution in [3.63, 3.8) is 0 Å². The van der Waals surface area contributed by atoms with Gasteiger partial charge >= 0.3 is 0 Å². The van der Waals surface area contributed by atoms with Gasteiger partial charge in [0.25, 0.3) is 0 Å². The molecule has 2 aromatic carbocycles. The maximum absolute atomic E-state index is 12.0. The monoisotopic (exact) mass is 322 g/mol. The average molecular weight is 322 g/mol. The van der Waals surface area contributed by atoms with Crippen molar-refractivity contribution in [2.75, 3.05) is 12.4 Å². The van der Waals surface area contributed by atoms with Crippen molar-refractivity contribution in [3.05, 3.63) is 66.7 Å². The third-order valence-electron chi connectivity index (χ3n) is 3.55. The molecule has 0 saturated heterocycles. The lowest BCUT2D eigenvalue weighted by Crippen LogP contribution is -2.12. The Labute approximate surface area is 140 Å². The summed E-state index contributed by atoms with van der Waals surface area (Å²) < 4.78 is 10.8. The summed E-state index contributed by atoms with van der Waals surface area (Å²) in [5.74, 6) is 1.93. The molecule has 0 spiro atoms. The summed E-state index contributed by atoms with van der Waals surface area (Å²) in [5.41, 5.74) is 1.71. The van der Waals surface area contributed by atoms with Gasteiger partial charge in [0.2, 0.25) is 5.91 Å². The third kappa shape index (κ3) is 4.01. The molecule has 122 valence electrons. The van der Waals surface area contributed by atoms with Gasteiger partial charge in [-0.2, -0.15) is 0 Å². The largest absolute Gasteiger partial charge is 0.497 e. The predicted octanol–water partition coefficient (Wildman–Crippen LogP) is 3.92. The summed E-state index contributed by atoms with van der Waals surface area (Å²) in [6.45, 7) is 0. The van der Waals surface area contributed by atoms with E-state index in [1.165, 1.54) is 0 Å². The summed E-state index contributed by atoms with van der Waals surface area (Å²) >= 11 is 0. The molecule has 0 aliphatic rings. The number of aryl methyl sites for hydroxylation is 1. The van der Waals surface area contributed by atoms with Gasteiger partial charge < -0.3 is 14.5 Å². The van der Waals surface area contributed by atoms with Crippen LogP contribution in [0.2, 0.25) is 0 Å². The highest BCUT2D eigenvalue weighted by Gasteiger charge is 2.09. The van der Waals surface area contributed by atoms with Crippen molar-refractivity contribution in [1.82, 2.24) is 4.98 Å². The van der Waals surface area contributed by atoms with E-state index in [1.54, 1.807) is 37.6 Å². The number of rotatable bonds is 6. The van der Waals surface area contributed by atoms with Crippen LogP contribution in [0.5, 0.6) is 5.75 Å². The van der Waals surface area contributed by atoms with Crippen molar-refractivity contribution >= 4 is 11.6 Å². The van der Waals surface area contributed by atoms with E-state index < -0.39 is 0 Å². The van der Waals surface area contributed by atoms with Crippen LogP contribution in [0.1, 0.15) is 12.3 Å². The number of nitrogens with one attached hydrogen (secondary N) is 1. The molecule has 0 aliphatic heterocycles. The molecule has 1 N–H and O–H groups in total. The Bertz CT molecular complexity index is 795. The van der Waals surface area contributed by atoms with Gasteiger partial charge in [0.15, 0.2) is 11.7 Å². The van der Waals surface area contributed by atoms with E-state index >= 15 is 0 Å². The molecule has 1 aromatic heterocycles. The number of aromatic nitrogens is 1. The van der Waals surface area contributed by atoms with Crippen LogP contribution in [0.4, 0.5) is 5.69 Å². The number of ether oxygens (including phenoxy) is 1. The van der Waals surface area contributed by atoms with Crippen LogP contribution in [-0.4, -0.2) is 18.0 Å². The molecule has 0 unspecified atom stereocenters. The second-order valence-electron chi connectivity index (χ2n) is 5.26. The number of anilines is 1. The quantitative estimate of drug-likeness (QED) is 0.747. The van der Waals surface area contributed by atoms with E-state index in [0.717, 1.165) is 17.0 Å². The predicted molar refractivity (Wildman–Crippen MR) is 91.9 cm³/mol. The number of benzene rings is 2. The van der Waals surface area contributed by atoms with Gasteiger partial charge in [-0.3, -0.25) is 4.79 Å².